The molecule has 0 aliphatic heterocycles. The Morgan fingerprint density at radius 1 is 1.07 bits per heavy atom. The number of anilines is 1. The molecule has 1 aromatic carbocycles. The first-order valence-corrected chi connectivity index (χ1v) is 12.2. The lowest BCUT2D eigenvalue weighted by Crippen LogP contribution is -2.37. The molecule has 0 spiro atoms. The maximum absolute atomic E-state index is 15.3. The first kappa shape index (κ1) is 25.1. The van der Waals surface area contributed by atoms with E-state index >= 15 is 4.39 Å². The zero-order valence-electron chi connectivity index (χ0n) is 20.4. The monoisotopic (exact) mass is 561 g/mol. The van der Waals surface area contributed by atoms with E-state index in [4.69, 9.17) is 17.3 Å². The molecule has 12 nitrogen and oxygen atoms in total. The van der Waals surface area contributed by atoms with Crippen LogP contribution in [0.5, 0.6) is 0 Å². The SMILES string of the molecule is Nc1ccc(-c2cnn(C(Cn3cccn3)c3ccc(-c4c(-n5cnnn5)ccc(Cl)c4F)c[n+]3[O-])c2)c(F)n1. The van der Waals surface area contributed by atoms with Crippen LogP contribution in [-0.4, -0.2) is 44.8 Å². The summed E-state index contributed by atoms with van der Waals surface area (Å²) in [4.78, 5) is 3.67. The van der Waals surface area contributed by atoms with Gasteiger partial charge < -0.3 is 10.9 Å². The molecule has 1 atom stereocenters. The van der Waals surface area contributed by atoms with Gasteiger partial charge in [0, 0.05) is 35.8 Å². The third-order valence-electron chi connectivity index (χ3n) is 6.26. The number of nitrogens with two attached hydrogens (primary N) is 1. The average molecular weight is 562 g/mol. The summed E-state index contributed by atoms with van der Waals surface area (Å²) in [5.74, 6) is -1.42. The number of nitrogen functional groups attached to an aromatic ring is 1. The average Bonchev–Trinajstić information content (AvgIpc) is 3.72. The molecular formula is C25H18ClF2N11O. The fourth-order valence-electron chi connectivity index (χ4n) is 4.39. The number of hydrogen-bond acceptors (Lipinski definition) is 8. The van der Waals surface area contributed by atoms with Crippen LogP contribution in [0.15, 0.2) is 79.8 Å². The van der Waals surface area contributed by atoms with Crippen LogP contribution in [0.4, 0.5) is 14.6 Å². The topological polar surface area (TPSA) is 145 Å². The lowest BCUT2D eigenvalue weighted by Gasteiger charge is -2.18. The Bertz CT molecular complexity index is 1810. The Hall–Kier alpha value is -5.24. The van der Waals surface area contributed by atoms with E-state index in [0.29, 0.717) is 16.0 Å². The van der Waals surface area contributed by atoms with Crippen LogP contribution in [0.1, 0.15) is 11.7 Å². The van der Waals surface area contributed by atoms with Gasteiger partial charge in [0.15, 0.2) is 18.1 Å². The van der Waals surface area contributed by atoms with Gasteiger partial charge in [-0.3, -0.25) is 9.36 Å². The first-order chi connectivity index (χ1) is 19.4. The summed E-state index contributed by atoms with van der Waals surface area (Å²) < 4.78 is 34.8. The molecule has 0 saturated heterocycles. The second-order valence-electron chi connectivity index (χ2n) is 8.71. The van der Waals surface area contributed by atoms with E-state index < -0.39 is 17.8 Å². The van der Waals surface area contributed by atoms with Crippen LogP contribution in [0, 0.1) is 17.0 Å². The highest BCUT2D eigenvalue weighted by Crippen LogP contribution is 2.33. The van der Waals surface area contributed by atoms with E-state index in [1.165, 1.54) is 46.3 Å². The molecule has 0 radical (unpaired) electrons. The highest BCUT2D eigenvalue weighted by atomic mass is 35.5. The molecule has 200 valence electrons. The van der Waals surface area contributed by atoms with Gasteiger partial charge in [-0.15, -0.1) is 5.10 Å². The van der Waals surface area contributed by atoms with Crippen molar-refractivity contribution in [1.82, 2.24) is 44.8 Å². The van der Waals surface area contributed by atoms with Crippen LogP contribution in [0.25, 0.3) is 27.9 Å². The number of benzene rings is 1. The summed E-state index contributed by atoms with van der Waals surface area (Å²) in [7, 11) is 0. The number of nitrogens with zero attached hydrogens (tertiary/aromatic N) is 10. The van der Waals surface area contributed by atoms with Crippen molar-refractivity contribution in [2.45, 2.75) is 12.6 Å². The fourth-order valence-corrected chi connectivity index (χ4v) is 4.54. The smallest absolute Gasteiger partial charge is 0.222 e. The molecular weight excluding hydrogens is 544 g/mol. The number of aromatic nitrogens is 10. The Morgan fingerprint density at radius 3 is 2.67 bits per heavy atom. The lowest BCUT2D eigenvalue weighted by molar-refractivity contribution is -0.615. The third-order valence-corrected chi connectivity index (χ3v) is 6.56. The molecule has 6 aromatic rings. The van der Waals surface area contributed by atoms with E-state index in [-0.39, 0.29) is 39.8 Å². The van der Waals surface area contributed by atoms with Gasteiger partial charge in [-0.25, -0.2) is 9.37 Å². The largest absolute Gasteiger partial charge is 0.618 e. The maximum Gasteiger partial charge on any atom is 0.222 e. The lowest BCUT2D eigenvalue weighted by atomic mass is 10.0. The van der Waals surface area contributed by atoms with Gasteiger partial charge in [-0.1, -0.05) is 11.6 Å². The van der Waals surface area contributed by atoms with Crippen molar-refractivity contribution in [2.24, 2.45) is 0 Å². The van der Waals surface area contributed by atoms with E-state index in [1.54, 1.807) is 47.5 Å². The molecule has 2 N–H and O–H groups in total. The molecule has 5 aromatic heterocycles. The van der Waals surface area contributed by atoms with Crippen molar-refractivity contribution < 1.29 is 13.5 Å². The second-order valence-corrected chi connectivity index (χ2v) is 9.11. The predicted octanol–water partition coefficient (Wildman–Crippen LogP) is 3.22. The number of halogens is 3. The summed E-state index contributed by atoms with van der Waals surface area (Å²) in [6.45, 7) is 0.222. The Kier molecular flexibility index (Phi) is 6.36. The van der Waals surface area contributed by atoms with E-state index in [9.17, 15) is 9.60 Å². The molecule has 0 fully saturated rings. The standard InChI is InChI=1S/C25H18ClF2N11O/c26-18-4-6-20(38-14-30-34-35-38)23(24(18)27)15-2-5-19(39(40)12-15)21(13-36-9-1-8-31-36)37-11-16(10-32-37)17-3-7-22(29)33-25(17)28/h1-12,14,21H,13H2,(H2,29,33). The molecule has 1 unspecified atom stereocenters. The highest BCUT2D eigenvalue weighted by molar-refractivity contribution is 6.31. The van der Waals surface area contributed by atoms with Gasteiger partial charge in [-0.2, -0.15) is 24.0 Å². The Morgan fingerprint density at radius 2 is 1.95 bits per heavy atom. The van der Waals surface area contributed by atoms with Crippen molar-refractivity contribution in [3.8, 4) is 27.9 Å². The maximum atomic E-state index is 15.3. The van der Waals surface area contributed by atoms with Gasteiger partial charge in [0.05, 0.1) is 34.6 Å². The number of rotatable bonds is 7. The number of hydrogen-bond donors (Lipinski definition) is 1. The molecule has 40 heavy (non-hydrogen) atoms. The zero-order valence-corrected chi connectivity index (χ0v) is 21.1. The van der Waals surface area contributed by atoms with Gasteiger partial charge >= 0.3 is 0 Å². The number of pyridine rings is 2. The third kappa shape index (κ3) is 4.60. The molecule has 5 heterocycles. The van der Waals surface area contributed by atoms with Gasteiger partial charge in [0.2, 0.25) is 11.6 Å². The van der Waals surface area contributed by atoms with Crippen molar-refractivity contribution >= 4 is 17.4 Å². The second kappa shape index (κ2) is 10.1. The minimum absolute atomic E-state index is 0.0484. The minimum Gasteiger partial charge on any atom is -0.618 e. The van der Waals surface area contributed by atoms with Gasteiger partial charge in [0.1, 0.15) is 12.1 Å². The summed E-state index contributed by atoms with van der Waals surface area (Å²) in [5.41, 5.74) is 7.09. The van der Waals surface area contributed by atoms with Crippen LogP contribution >= 0.6 is 11.6 Å². The fraction of sp³-hybridized carbons (Fsp3) is 0.0800. The first-order valence-electron chi connectivity index (χ1n) is 11.8. The van der Waals surface area contributed by atoms with Crippen molar-refractivity contribution in [1.29, 1.82) is 0 Å². The quantitative estimate of drug-likeness (QED) is 0.178. The number of tetrazole rings is 1. The van der Waals surface area contributed by atoms with Gasteiger partial charge in [-0.05, 0) is 46.8 Å². The molecule has 0 aliphatic carbocycles. The predicted molar refractivity (Wildman–Crippen MR) is 139 cm³/mol. The van der Waals surface area contributed by atoms with Crippen molar-refractivity contribution in [3.05, 3.63) is 107 Å². The summed E-state index contributed by atoms with van der Waals surface area (Å²) in [6.07, 6.45) is 8.96. The van der Waals surface area contributed by atoms with E-state index in [1.807, 2.05) is 0 Å². The van der Waals surface area contributed by atoms with Crippen molar-refractivity contribution in [3.63, 3.8) is 0 Å². The zero-order chi connectivity index (χ0) is 27.8. The van der Waals surface area contributed by atoms with Gasteiger partial charge in [0.25, 0.3) is 0 Å². The Labute approximate surface area is 229 Å². The highest BCUT2D eigenvalue weighted by Gasteiger charge is 2.27. The van der Waals surface area contributed by atoms with E-state index in [2.05, 4.69) is 30.7 Å². The molecule has 0 aliphatic rings. The summed E-state index contributed by atoms with van der Waals surface area (Å²) in [6, 6.07) is 10.2. The molecule has 0 bridgehead atoms. The normalized spacial score (nSPS) is 12.1. The Balaban J connectivity index is 1.43. The van der Waals surface area contributed by atoms with Crippen LogP contribution in [-0.2, 0) is 6.54 Å². The van der Waals surface area contributed by atoms with E-state index in [0.717, 1.165) is 0 Å². The molecule has 6 rings (SSSR count). The molecule has 0 amide bonds. The van der Waals surface area contributed by atoms with Crippen LogP contribution in [0.2, 0.25) is 5.02 Å². The van der Waals surface area contributed by atoms with Crippen LogP contribution in [0.3, 0.4) is 0 Å². The summed E-state index contributed by atoms with van der Waals surface area (Å²) >= 11 is 6.07. The molecule has 15 heteroatoms. The van der Waals surface area contributed by atoms with Crippen molar-refractivity contribution in [2.75, 3.05) is 5.73 Å². The van der Waals surface area contributed by atoms with Crippen LogP contribution < -0.4 is 10.5 Å². The summed E-state index contributed by atoms with van der Waals surface area (Å²) in [5, 5.41) is 33.0. The minimum atomic E-state index is -0.742. The molecule has 0 saturated carbocycles.